The Bertz CT molecular complexity index is 1150. The van der Waals surface area contributed by atoms with Crippen LogP contribution in [0.15, 0.2) is 72.8 Å². The van der Waals surface area contributed by atoms with E-state index in [0.29, 0.717) is 5.75 Å². The second-order valence-corrected chi connectivity index (χ2v) is 7.81. The topological polar surface area (TPSA) is 67.9 Å². The second kappa shape index (κ2) is 7.80. The summed E-state index contributed by atoms with van der Waals surface area (Å²) in [6.07, 6.45) is -0.537. The highest BCUT2D eigenvalue weighted by atomic mass is 16.5. The van der Waals surface area contributed by atoms with Gasteiger partial charge < -0.3 is 14.8 Å². The van der Waals surface area contributed by atoms with Crippen molar-refractivity contribution in [2.24, 2.45) is 5.92 Å². The van der Waals surface area contributed by atoms with Crippen molar-refractivity contribution in [3.05, 3.63) is 89.5 Å². The third-order valence-electron chi connectivity index (χ3n) is 5.72. The van der Waals surface area contributed by atoms with Crippen molar-refractivity contribution in [2.45, 2.75) is 19.6 Å². The van der Waals surface area contributed by atoms with Crippen molar-refractivity contribution in [3.63, 3.8) is 0 Å². The van der Waals surface area contributed by atoms with Crippen LogP contribution in [0.1, 0.15) is 22.7 Å². The van der Waals surface area contributed by atoms with Gasteiger partial charge in [-0.2, -0.15) is 0 Å². The zero-order valence-corrected chi connectivity index (χ0v) is 17.1. The number of hydrogen-bond acceptors (Lipinski definition) is 4. The van der Waals surface area contributed by atoms with Crippen LogP contribution in [0.2, 0.25) is 0 Å². The van der Waals surface area contributed by atoms with Gasteiger partial charge in [-0.05, 0) is 30.7 Å². The Morgan fingerprint density at radius 3 is 2.65 bits per heavy atom. The molecule has 1 saturated heterocycles. The van der Waals surface area contributed by atoms with Gasteiger partial charge in [-0.15, -0.1) is 0 Å². The summed E-state index contributed by atoms with van der Waals surface area (Å²) in [6.45, 7) is 2.39. The van der Waals surface area contributed by atoms with Crippen LogP contribution >= 0.6 is 0 Å². The van der Waals surface area contributed by atoms with Crippen LogP contribution < -0.4 is 15.0 Å². The van der Waals surface area contributed by atoms with E-state index in [1.165, 1.54) is 0 Å². The Kier molecular flexibility index (Phi) is 4.82. The molecule has 0 aliphatic carbocycles. The zero-order valence-electron chi connectivity index (χ0n) is 17.1. The van der Waals surface area contributed by atoms with E-state index in [4.69, 9.17) is 9.47 Å². The molecule has 2 aliphatic rings. The number of benzene rings is 3. The molecule has 6 nitrogen and oxygen atoms in total. The summed E-state index contributed by atoms with van der Waals surface area (Å²) in [7, 11) is 0. The van der Waals surface area contributed by atoms with Gasteiger partial charge in [-0.3, -0.25) is 9.69 Å². The smallest absolute Gasteiger partial charge is 0.407 e. The number of alkyl carbamates (subject to hydrolysis) is 1. The van der Waals surface area contributed by atoms with Gasteiger partial charge in [0, 0.05) is 12.1 Å². The third kappa shape index (κ3) is 3.50. The van der Waals surface area contributed by atoms with Gasteiger partial charge in [0.25, 0.3) is 0 Å². The first-order chi connectivity index (χ1) is 15.1. The fourth-order valence-corrected chi connectivity index (χ4v) is 4.19. The highest BCUT2D eigenvalue weighted by Crippen LogP contribution is 2.52. The Morgan fingerprint density at radius 2 is 1.81 bits per heavy atom. The summed E-state index contributed by atoms with van der Waals surface area (Å²) in [5.74, 6) is 0.949. The van der Waals surface area contributed by atoms with Crippen LogP contribution in [-0.2, 0) is 16.1 Å². The maximum Gasteiger partial charge on any atom is 0.407 e. The van der Waals surface area contributed by atoms with E-state index in [2.05, 4.69) is 5.32 Å². The minimum Gasteiger partial charge on any atom is -0.455 e. The van der Waals surface area contributed by atoms with E-state index >= 15 is 0 Å². The fourth-order valence-electron chi connectivity index (χ4n) is 4.19. The molecule has 0 saturated carbocycles. The van der Waals surface area contributed by atoms with Crippen LogP contribution in [0, 0.1) is 12.8 Å². The summed E-state index contributed by atoms with van der Waals surface area (Å²) in [5, 5.41) is 2.76. The van der Waals surface area contributed by atoms with E-state index in [0.717, 1.165) is 28.1 Å². The van der Waals surface area contributed by atoms with Gasteiger partial charge >= 0.3 is 6.09 Å². The number of rotatable bonds is 4. The lowest BCUT2D eigenvalue weighted by atomic mass is 9.81. The number of nitrogens with zero attached hydrogens (tertiary/aromatic N) is 1. The van der Waals surface area contributed by atoms with E-state index < -0.39 is 6.09 Å². The highest BCUT2D eigenvalue weighted by Gasteiger charge is 2.51. The van der Waals surface area contributed by atoms with Crippen LogP contribution in [0.4, 0.5) is 10.5 Å². The summed E-state index contributed by atoms with van der Waals surface area (Å²) >= 11 is 0. The molecule has 2 atom stereocenters. The van der Waals surface area contributed by atoms with Crippen molar-refractivity contribution in [2.75, 3.05) is 11.4 Å². The highest BCUT2D eigenvalue weighted by molar-refractivity contribution is 6.05. The Hall–Kier alpha value is -3.80. The van der Waals surface area contributed by atoms with E-state index in [9.17, 15) is 9.59 Å². The van der Waals surface area contributed by atoms with Gasteiger partial charge in [0.05, 0.1) is 17.6 Å². The molecular formula is C25H22N2O4. The molecule has 5 rings (SSSR count). The average Bonchev–Trinajstić information content (AvgIpc) is 2.91. The number of amides is 2. The number of aryl methyl sites for hydroxylation is 1. The lowest BCUT2D eigenvalue weighted by Crippen LogP contribution is -2.58. The van der Waals surface area contributed by atoms with Crippen LogP contribution in [0.25, 0.3) is 0 Å². The van der Waals surface area contributed by atoms with Crippen molar-refractivity contribution in [1.82, 2.24) is 5.32 Å². The monoisotopic (exact) mass is 414 g/mol. The normalized spacial score (nSPS) is 18.5. The van der Waals surface area contributed by atoms with Gasteiger partial charge in [0.2, 0.25) is 5.91 Å². The SMILES string of the molecule is Cc1ccc2c(c1)[C@@H]1[C@@H](CNC(=O)OCc3ccccc3)C(=O)N1c1ccccc1O2. The molecule has 156 valence electrons. The van der Waals surface area contributed by atoms with Crippen molar-refractivity contribution in [3.8, 4) is 11.5 Å². The number of fused-ring (bicyclic) bond motifs is 5. The number of para-hydroxylation sites is 2. The first kappa shape index (κ1) is 19.2. The molecule has 2 heterocycles. The summed E-state index contributed by atoms with van der Waals surface area (Å²) in [5.41, 5.74) is 3.68. The lowest BCUT2D eigenvalue weighted by molar-refractivity contribution is -0.130. The molecule has 0 bridgehead atoms. The number of anilines is 1. The van der Waals surface area contributed by atoms with Gasteiger partial charge in [0.15, 0.2) is 5.75 Å². The Labute approximate surface area is 180 Å². The molecular weight excluding hydrogens is 392 g/mol. The van der Waals surface area contributed by atoms with Gasteiger partial charge in [-0.1, -0.05) is 60.2 Å². The Balaban J connectivity index is 1.34. The van der Waals surface area contributed by atoms with Crippen LogP contribution in [-0.4, -0.2) is 18.5 Å². The number of β-lactam (4-membered cyclic amide) rings is 1. The standard InChI is InChI=1S/C25H22N2O4/c1-16-11-12-21-18(13-16)23-19(14-26-25(29)30-15-17-7-3-2-4-8-17)24(28)27(23)20-9-5-6-10-22(20)31-21/h2-13,19,23H,14-15H2,1H3,(H,26,29)/t19-,23-/m1/s1. The number of ether oxygens (including phenoxy) is 2. The number of nitrogens with one attached hydrogen (secondary N) is 1. The minimum absolute atomic E-state index is 0.0428. The van der Waals surface area contributed by atoms with Crippen molar-refractivity contribution >= 4 is 17.7 Å². The molecule has 0 spiro atoms. The molecule has 3 aromatic carbocycles. The van der Waals surface area contributed by atoms with Crippen molar-refractivity contribution < 1.29 is 19.1 Å². The first-order valence-corrected chi connectivity index (χ1v) is 10.3. The van der Waals surface area contributed by atoms with E-state index in [-0.39, 0.29) is 31.0 Å². The molecule has 6 heteroatoms. The van der Waals surface area contributed by atoms with Gasteiger partial charge in [-0.25, -0.2) is 4.79 Å². The second-order valence-electron chi connectivity index (χ2n) is 7.81. The molecule has 1 N–H and O–H groups in total. The van der Waals surface area contributed by atoms with E-state index in [1.807, 2.05) is 79.7 Å². The molecule has 0 unspecified atom stereocenters. The molecule has 31 heavy (non-hydrogen) atoms. The fraction of sp³-hybridized carbons (Fsp3) is 0.200. The maximum absolute atomic E-state index is 13.1. The predicted octanol–water partition coefficient (Wildman–Crippen LogP) is 4.73. The summed E-state index contributed by atoms with van der Waals surface area (Å²) in [6, 6.07) is 22.8. The molecule has 3 aromatic rings. The molecule has 1 fully saturated rings. The number of carbonyl (C=O) groups excluding carboxylic acids is 2. The maximum atomic E-state index is 13.1. The third-order valence-corrected chi connectivity index (χ3v) is 5.72. The van der Waals surface area contributed by atoms with Crippen molar-refractivity contribution in [1.29, 1.82) is 0 Å². The minimum atomic E-state index is -0.537. The summed E-state index contributed by atoms with van der Waals surface area (Å²) < 4.78 is 11.4. The number of carbonyl (C=O) groups is 2. The molecule has 2 amide bonds. The zero-order chi connectivity index (χ0) is 21.4. The average molecular weight is 414 g/mol. The first-order valence-electron chi connectivity index (χ1n) is 10.3. The number of hydrogen-bond donors (Lipinski definition) is 1. The largest absolute Gasteiger partial charge is 0.455 e. The van der Waals surface area contributed by atoms with E-state index in [1.54, 1.807) is 4.90 Å². The quantitative estimate of drug-likeness (QED) is 0.627. The predicted molar refractivity (Wildman–Crippen MR) is 116 cm³/mol. The Morgan fingerprint density at radius 1 is 1.03 bits per heavy atom. The molecule has 0 radical (unpaired) electrons. The molecule has 2 aliphatic heterocycles. The lowest BCUT2D eigenvalue weighted by Gasteiger charge is -2.46. The summed E-state index contributed by atoms with van der Waals surface area (Å²) in [4.78, 5) is 27.1. The molecule has 0 aromatic heterocycles. The van der Waals surface area contributed by atoms with Crippen LogP contribution in [0.5, 0.6) is 11.5 Å². The van der Waals surface area contributed by atoms with Gasteiger partial charge in [0.1, 0.15) is 12.4 Å². The van der Waals surface area contributed by atoms with Crippen LogP contribution in [0.3, 0.4) is 0 Å².